The first kappa shape index (κ1) is 13.6. The fraction of sp³-hybridized carbons (Fsp3) is 0.455. The molecule has 0 aliphatic heterocycles. The van der Waals surface area contributed by atoms with Crippen LogP contribution in [-0.4, -0.2) is 38.3 Å². The fourth-order valence-electron chi connectivity index (χ4n) is 1.25. The molecule has 0 fully saturated rings. The van der Waals surface area contributed by atoms with E-state index in [1.807, 2.05) is 6.92 Å². The molecule has 2 unspecified atom stereocenters. The highest BCUT2D eigenvalue weighted by molar-refractivity contribution is 7.84. The van der Waals surface area contributed by atoms with Crippen LogP contribution in [-0.2, 0) is 10.8 Å². The third kappa shape index (κ3) is 4.14. The number of carboxylic acid groups (broad SMARTS) is 1. The van der Waals surface area contributed by atoms with Gasteiger partial charge in [0.2, 0.25) is 0 Å². The Hall–Kier alpha value is -1.43. The summed E-state index contributed by atoms with van der Waals surface area (Å²) in [7, 11) is -0.910. The van der Waals surface area contributed by atoms with Gasteiger partial charge in [-0.15, -0.1) is 0 Å². The molecule has 0 saturated carbocycles. The first-order chi connectivity index (χ1) is 7.90. The van der Waals surface area contributed by atoms with Crippen molar-refractivity contribution in [1.29, 1.82) is 0 Å². The minimum atomic E-state index is -0.981. The molecule has 0 radical (unpaired) electrons. The smallest absolute Gasteiger partial charge is 0.335 e. The van der Waals surface area contributed by atoms with Crippen molar-refractivity contribution in [2.75, 3.05) is 18.1 Å². The number of aromatic carboxylic acids is 1. The first-order valence-corrected chi connectivity index (χ1v) is 6.80. The molecule has 0 spiro atoms. The van der Waals surface area contributed by atoms with E-state index in [0.29, 0.717) is 18.1 Å². The highest BCUT2D eigenvalue weighted by atomic mass is 32.2. The number of anilines is 1. The van der Waals surface area contributed by atoms with Gasteiger partial charge >= 0.3 is 5.97 Å². The lowest BCUT2D eigenvalue weighted by Crippen LogP contribution is -2.21. The molecule has 0 aliphatic rings. The zero-order valence-corrected chi connectivity index (χ0v) is 10.9. The van der Waals surface area contributed by atoms with Crippen LogP contribution in [0, 0.1) is 6.92 Å². The highest BCUT2D eigenvalue weighted by Crippen LogP contribution is 2.10. The van der Waals surface area contributed by atoms with Crippen LogP contribution < -0.4 is 5.32 Å². The van der Waals surface area contributed by atoms with Crippen molar-refractivity contribution in [1.82, 2.24) is 4.98 Å². The van der Waals surface area contributed by atoms with Crippen LogP contribution in [0.2, 0.25) is 0 Å². The summed E-state index contributed by atoms with van der Waals surface area (Å²) in [4.78, 5) is 15.0. The second-order valence-electron chi connectivity index (χ2n) is 3.88. The van der Waals surface area contributed by atoms with Crippen molar-refractivity contribution in [2.24, 2.45) is 0 Å². The zero-order valence-electron chi connectivity index (χ0n) is 10.1. The number of aryl methyl sites for hydroxylation is 1. The molecule has 6 heteroatoms. The number of hydrogen-bond donors (Lipinski definition) is 2. The lowest BCUT2D eigenvalue weighted by molar-refractivity contribution is 0.0696. The van der Waals surface area contributed by atoms with E-state index in [9.17, 15) is 9.00 Å². The molecular formula is C11H16N2O3S. The molecule has 2 N–H and O–H groups in total. The Balaban J connectivity index is 2.78. The Morgan fingerprint density at radius 2 is 2.24 bits per heavy atom. The topological polar surface area (TPSA) is 79.3 Å². The Morgan fingerprint density at radius 1 is 1.59 bits per heavy atom. The summed E-state index contributed by atoms with van der Waals surface area (Å²) in [5, 5.41) is 11.9. The fourth-order valence-corrected chi connectivity index (χ4v) is 1.57. The van der Waals surface area contributed by atoms with Crippen molar-refractivity contribution in [3.05, 3.63) is 23.4 Å². The molecule has 0 aromatic carbocycles. The Kier molecular flexibility index (Phi) is 4.62. The van der Waals surface area contributed by atoms with E-state index < -0.39 is 16.8 Å². The lowest BCUT2D eigenvalue weighted by atomic mass is 10.2. The number of rotatable bonds is 5. The minimum Gasteiger partial charge on any atom is -0.478 e. The average Bonchev–Trinajstić information content (AvgIpc) is 2.24. The number of hydrogen-bond acceptors (Lipinski definition) is 4. The molecule has 1 heterocycles. The van der Waals surface area contributed by atoms with E-state index in [0.717, 1.165) is 0 Å². The summed E-state index contributed by atoms with van der Waals surface area (Å²) in [6.07, 6.45) is 1.64. The maximum absolute atomic E-state index is 11.2. The van der Waals surface area contributed by atoms with Gasteiger partial charge in [-0.2, -0.15) is 0 Å². The van der Waals surface area contributed by atoms with Crippen LogP contribution in [0.1, 0.15) is 23.0 Å². The van der Waals surface area contributed by atoms with E-state index in [1.165, 1.54) is 12.1 Å². The summed E-state index contributed by atoms with van der Waals surface area (Å²) in [5.74, 6) is -0.481. The predicted octanol–water partition coefficient (Wildman–Crippen LogP) is 1.27. The monoisotopic (exact) mass is 256 g/mol. The molecule has 94 valence electrons. The molecule has 0 saturated heterocycles. The van der Waals surface area contributed by atoms with E-state index >= 15 is 0 Å². The summed E-state index contributed by atoms with van der Waals surface area (Å²) in [6, 6.07) is 2.98. The van der Waals surface area contributed by atoms with Gasteiger partial charge in [-0.3, -0.25) is 4.21 Å². The summed E-state index contributed by atoms with van der Waals surface area (Å²) in [5.41, 5.74) is 0.836. The second-order valence-corrected chi connectivity index (χ2v) is 5.68. The number of nitrogens with zero attached hydrogens (tertiary/aromatic N) is 1. The van der Waals surface area contributed by atoms with E-state index in [2.05, 4.69) is 10.3 Å². The standard InChI is InChI=1S/C11H16N2O3S/c1-7-4-9(11(14)15)5-10(13-7)12-6-8(2)17(3)16/h4-5,8H,6H2,1-3H3,(H,12,13)(H,14,15). The number of carbonyl (C=O) groups is 1. The van der Waals surface area contributed by atoms with Crippen molar-refractivity contribution >= 4 is 22.6 Å². The molecule has 0 bridgehead atoms. The Morgan fingerprint density at radius 3 is 2.76 bits per heavy atom. The van der Waals surface area contributed by atoms with Crippen LogP contribution in [0.15, 0.2) is 12.1 Å². The summed E-state index contributed by atoms with van der Waals surface area (Å²) in [6.45, 7) is 4.09. The van der Waals surface area contributed by atoms with Gasteiger partial charge in [0.05, 0.1) is 5.56 Å². The number of carboxylic acids is 1. The van der Waals surface area contributed by atoms with Gasteiger partial charge < -0.3 is 10.4 Å². The molecule has 1 rings (SSSR count). The maximum Gasteiger partial charge on any atom is 0.335 e. The molecule has 0 aliphatic carbocycles. The third-order valence-electron chi connectivity index (χ3n) is 2.34. The van der Waals surface area contributed by atoms with E-state index in [1.54, 1.807) is 13.2 Å². The number of nitrogens with one attached hydrogen (secondary N) is 1. The molecule has 1 aromatic rings. The van der Waals surface area contributed by atoms with Crippen molar-refractivity contribution in [3.63, 3.8) is 0 Å². The maximum atomic E-state index is 11.2. The van der Waals surface area contributed by atoms with E-state index in [-0.39, 0.29) is 10.8 Å². The van der Waals surface area contributed by atoms with Crippen LogP contribution in [0.25, 0.3) is 0 Å². The lowest BCUT2D eigenvalue weighted by Gasteiger charge is -2.11. The van der Waals surface area contributed by atoms with Crippen molar-refractivity contribution in [2.45, 2.75) is 19.1 Å². The van der Waals surface area contributed by atoms with Crippen LogP contribution in [0.3, 0.4) is 0 Å². The van der Waals surface area contributed by atoms with Gasteiger partial charge in [-0.05, 0) is 26.0 Å². The van der Waals surface area contributed by atoms with Crippen LogP contribution in [0.5, 0.6) is 0 Å². The Labute approximate surface area is 103 Å². The average molecular weight is 256 g/mol. The largest absolute Gasteiger partial charge is 0.478 e. The normalized spacial score (nSPS) is 14.1. The van der Waals surface area contributed by atoms with Crippen molar-refractivity contribution in [3.8, 4) is 0 Å². The predicted molar refractivity (Wildman–Crippen MR) is 68.0 cm³/mol. The van der Waals surface area contributed by atoms with Gasteiger partial charge in [0.15, 0.2) is 0 Å². The van der Waals surface area contributed by atoms with Crippen molar-refractivity contribution < 1.29 is 14.1 Å². The van der Waals surface area contributed by atoms with Gasteiger partial charge in [-0.1, -0.05) is 0 Å². The highest BCUT2D eigenvalue weighted by Gasteiger charge is 2.09. The summed E-state index contributed by atoms with van der Waals surface area (Å²) < 4.78 is 11.2. The first-order valence-electron chi connectivity index (χ1n) is 5.18. The summed E-state index contributed by atoms with van der Waals surface area (Å²) >= 11 is 0. The second kappa shape index (κ2) is 5.77. The Bertz CT molecular complexity index is 448. The van der Waals surface area contributed by atoms with Crippen LogP contribution >= 0.6 is 0 Å². The number of aromatic nitrogens is 1. The van der Waals surface area contributed by atoms with E-state index in [4.69, 9.17) is 5.11 Å². The van der Waals surface area contributed by atoms with Gasteiger partial charge in [-0.25, -0.2) is 9.78 Å². The van der Waals surface area contributed by atoms with Gasteiger partial charge in [0.1, 0.15) is 5.82 Å². The third-order valence-corrected chi connectivity index (χ3v) is 3.64. The molecule has 1 aromatic heterocycles. The molecule has 0 amide bonds. The minimum absolute atomic E-state index is 0.00871. The quantitative estimate of drug-likeness (QED) is 0.829. The number of pyridine rings is 1. The molecule has 5 nitrogen and oxygen atoms in total. The zero-order chi connectivity index (χ0) is 13.0. The molecular weight excluding hydrogens is 240 g/mol. The molecule has 17 heavy (non-hydrogen) atoms. The van der Waals surface area contributed by atoms with Gasteiger partial charge in [0.25, 0.3) is 0 Å². The SMILES string of the molecule is Cc1cc(C(=O)O)cc(NCC(C)S(C)=O)n1. The van der Waals surface area contributed by atoms with Gasteiger partial charge in [0, 0.05) is 34.5 Å². The molecule has 2 atom stereocenters. The van der Waals surface area contributed by atoms with Crippen LogP contribution in [0.4, 0.5) is 5.82 Å².